The standard InChI is InChI=1S/C17H18N2O4/c1-11-7-8-16(12(2)9-11)23-13(3)17(20)18-14-5-4-6-15(10-14)19(21)22/h4-10,13H,1-3H3,(H,18,20)/t13-/m1/s1. The molecule has 2 aromatic rings. The highest BCUT2D eigenvalue weighted by molar-refractivity contribution is 5.94. The Kier molecular flexibility index (Phi) is 4.95. The van der Waals surface area contributed by atoms with E-state index in [1.807, 2.05) is 32.0 Å². The molecule has 0 fully saturated rings. The van der Waals surface area contributed by atoms with Crippen molar-refractivity contribution in [3.8, 4) is 5.75 Å². The maximum atomic E-state index is 12.2. The lowest BCUT2D eigenvalue weighted by Crippen LogP contribution is -2.30. The van der Waals surface area contributed by atoms with Crippen LogP contribution < -0.4 is 10.1 Å². The van der Waals surface area contributed by atoms with Crippen LogP contribution in [0.5, 0.6) is 5.75 Å². The van der Waals surface area contributed by atoms with Gasteiger partial charge in [0.2, 0.25) is 0 Å². The van der Waals surface area contributed by atoms with Crippen LogP contribution in [-0.2, 0) is 4.79 Å². The van der Waals surface area contributed by atoms with E-state index >= 15 is 0 Å². The SMILES string of the molecule is Cc1ccc(O[C@H](C)C(=O)Nc2cccc([N+](=O)[O-])c2)c(C)c1. The summed E-state index contributed by atoms with van der Waals surface area (Å²) in [5.41, 5.74) is 2.34. The van der Waals surface area contributed by atoms with Crippen molar-refractivity contribution in [2.45, 2.75) is 26.9 Å². The van der Waals surface area contributed by atoms with Crippen molar-refractivity contribution in [3.63, 3.8) is 0 Å². The molecule has 0 aromatic heterocycles. The van der Waals surface area contributed by atoms with Gasteiger partial charge in [0.15, 0.2) is 6.10 Å². The van der Waals surface area contributed by atoms with E-state index in [1.54, 1.807) is 13.0 Å². The number of nitrogens with zero attached hydrogens (tertiary/aromatic N) is 1. The highest BCUT2D eigenvalue weighted by Crippen LogP contribution is 2.21. The number of nitrogens with one attached hydrogen (secondary N) is 1. The molecular weight excluding hydrogens is 296 g/mol. The minimum atomic E-state index is -0.726. The van der Waals surface area contributed by atoms with E-state index in [9.17, 15) is 14.9 Å². The van der Waals surface area contributed by atoms with Gasteiger partial charge in [-0.25, -0.2) is 0 Å². The Morgan fingerprint density at radius 3 is 2.61 bits per heavy atom. The van der Waals surface area contributed by atoms with Crippen LogP contribution in [0.25, 0.3) is 0 Å². The van der Waals surface area contributed by atoms with Gasteiger partial charge in [-0.15, -0.1) is 0 Å². The van der Waals surface area contributed by atoms with Crippen LogP contribution in [-0.4, -0.2) is 16.9 Å². The number of ether oxygens (including phenoxy) is 1. The predicted molar refractivity (Wildman–Crippen MR) is 87.7 cm³/mol. The van der Waals surface area contributed by atoms with Crippen molar-refractivity contribution in [1.29, 1.82) is 0 Å². The summed E-state index contributed by atoms with van der Waals surface area (Å²) in [4.78, 5) is 22.4. The number of carbonyl (C=O) groups is 1. The third-order valence-electron chi connectivity index (χ3n) is 3.33. The van der Waals surface area contributed by atoms with E-state index in [4.69, 9.17) is 4.74 Å². The Labute approximate surface area is 134 Å². The lowest BCUT2D eigenvalue weighted by atomic mass is 10.1. The number of benzene rings is 2. The van der Waals surface area contributed by atoms with E-state index in [0.717, 1.165) is 11.1 Å². The van der Waals surface area contributed by atoms with Crippen LogP contribution in [0.1, 0.15) is 18.1 Å². The third-order valence-corrected chi connectivity index (χ3v) is 3.33. The Morgan fingerprint density at radius 1 is 1.22 bits per heavy atom. The van der Waals surface area contributed by atoms with Crippen LogP contribution >= 0.6 is 0 Å². The summed E-state index contributed by atoms with van der Waals surface area (Å²) in [6, 6.07) is 11.5. The molecular formula is C17H18N2O4. The molecule has 0 aliphatic rings. The van der Waals surface area contributed by atoms with E-state index < -0.39 is 11.0 Å². The molecule has 0 saturated heterocycles. The van der Waals surface area contributed by atoms with Gasteiger partial charge in [0.05, 0.1) is 4.92 Å². The van der Waals surface area contributed by atoms with Gasteiger partial charge in [-0.05, 0) is 38.5 Å². The molecule has 1 N–H and O–H groups in total. The fourth-order valence-corrected chi connectivity index (χ4v) is 2.12. The molecule has 0 aliphatic carbocycles. The fourth-order valence-electron chi connectivity index (χ4n) is 2.12. The van der Waals surface area contributed by atoms with Gasteiger partial charge in [-0.2, -0.15) is 0 Å². The van der Waals surface area contributed by atoms with Crippen molar-refractivity contribution < 1.29 is 14.5 Å². The van der Waals surface area contributed by atoms with Gasteiger partial charge in [-0.1, -0.05) is 23.8 Å². The van der Waals surface area contributed by atoms with Crippen molar-refractivity contribution in [2.75, 3.05) is 5.32 Å². The Bertz CT molecular complexity index is 743. The first-order valence-corrected chi connectivity index (χ1v) is 7.16. The van der Waals surface area contributed by atoms with Gasteiger partial charge in [-0.3, -0.25) is 14.9 Å². The van der Waals surface area contributed by atoms with Crippen molar-refractivity contribution >= 4 is 17.3 Å². The van der Waals surface area contributed by atoms with E-state index in [-0.39, 0.29) is 11.6 Å². The normalized spacial score (nSPS) is 11.6. The molecule has 0 radical (unpaired) electrons. The summed E-state index contributed by atoms with van der Waals surface area (Å²) in [6.45, 7) is 5.52. The molecule has 6 heteroatoms. The van der Waals surface area contributed by atoms with Gasteiger partial charge in [0.1, 0.15) is 5.75 Å². The second kappa shape index (κ2) is 6.91. The summed E-state index contributed by atoms with van der Waals surface area (Å²) < 4.78 is 5.67. The Morgan fingerprint density at radius 2 is 1.96 bits per heavy atom. The second-order valence-corrected chi connectivity index (χ2v) is 5.33. The maximum Gasteiger partial charge on any atom is 0.271 e. The van der Waals surface area contributed by atoms with Crippen molar-refractivity contribution in [1.82, 2.24) is 0 Å². The summed E-state index contributed by atoms with van der Waals surface area (Å²) in [5, 5.41) is 13.4. The zero-order chi connectivity index (χ0) is 17.0. The number of non-ortho nitro benzene ring substituents is 1. The first-order chi connectivity index (χ1) is 10.9. The lowest BCUT2D eigenvalue weighted by Gasteiger charge is -2.16. The average molecular weight is 314 g/mol. The predicted octanol–water partition coefficient (Wildman–Crippen LogP) is 3.62. The molecule has 0 aliphatic heterocycles. The number of rotatable bonds is 5. The number of hydrogen-bond donors (Lipinski definition) is 1. The van der Waals surface area contributed by atoms with E-state index in [0.29, 0.717) is 11.4 Å². The van der Waals surface area contributed by atoms with Gasteiger partial charge in [0.25, 0.3) is 11.6 Å². The number of amides is 1. The Hall–Kier alpha value is -2.89. The van der Waals surface area contributed by atoms with Crippen LogP contribution in [0.3, 0.4) is 0 Å². The Balaban J connectivity index is 2.05. The fraction of sp³-hybridized carbons (Fsp3) is 0.235. The molecule has 0 bridgehead atoms. The molecule has 6 nitrogen and oxygen atoms in total. The number of nitro groups is 1. The average Bonchev–Trinajstić information content (AvgIpc) is 2.50. The number of aryl methyl sites for hydroxylation is 2. The summed E-state index contributed by atoms with van der Waals surface area (Å²) >= 11 is 0. The minimum absolute atomic E-state index is 0.0780. The third kappa shape index (κ3) is 4.29. The first kappa shape index (κ1) is 16.5. The van der Waals surface area contributed by atoms with Gasteiger partial charge < -0.3 is 10.1 Å². The summed E-state index contributed by atoms with van der Waals surface area (Å²) in [7, 11) is 0. The second-order valence-electron chi connectivity index (χ2n) is 5.33. The van der Waals surface area contributed by atoms with Crippen LogP contribution in [0, 0.1) is 24.0 Å². The van der Waals surface area contributed by atoms with E-state index in [1.165, 1.54) is 18.2 Å². The van der Waals surface area contributed by atoms with Crippen LogP contribution in [0.15, 0.2) is 42.5 Å². The quantitative estimate of drug-likeness (QED) is 0.675. The highest BCUT2D eigenvalue weighted by atomic mass is 16.6. The number of hydrogen-bond acceptors (Lipinski definition) is 4. The molecule has 120 valence electrons. The van der Waals surface area contributed by atoms with Gasteiger partial charge in [0, 0.05) is 17.8 Å². The molecule has 2 rings (SSSR count). The number of anilines is 1. The number of carbonyl (C=O) groups excluding carboxylic acids is 1. The molecule has 2 aromatic carbocycles. The smallest absolute Gasteiger partial charge is 0.271 e. The topological polar surface area (TPSA) is 81.5 Å². The van der Waals surface area contributed by atoms with Crippen molar-refractivity contribution in [2.24, 2.45) is 0 Å². The zero-order valence-corrected chi connectivity index (χ0v) is 13.2. The maximum absolute atomic E-state index is 12.2. The summed E-state index contributed by atoms with van der Waals surface area (Å²) in [6.07, 6.45) is -0.726. The molecule has 23 heavy (non-hydrogen) atoms. The monoisotopic (exact) mass is 314 g/mol. The molecule has 0 unspecified atom stereocenters. The molecule has 1 atom stereocenters. The van der Waals surface area contributed by atoms with Gasteiger partial charge >= 0.3 is 0 Å². The minimum Gasteiger partial charge on any atom is -0.481 e. The van der Waals surface area contributed by atoms with Crippen LogP contribution in [0.2, 0.25) is 0 Å². The molecule has 0 spiro atoms. The lowest BCUT2D eigenvalue weighted by molar-refractivity contribution is -0.384. The molecule has 0 heterocycles. The number of nitro benzene ring substituents is 1. The van der Waals surface area contributed by atoms with E-state index in [2.05, 4.69) is 5.32 Å². The largest absolute Gasteiger partial charge is 0.481 e. The molecule has 0 saturated carbocycles. The first-order valence-electron chi connectivity index (χ1n) is 7.16. The molecule has 1 amide bonds. The van der Waals surface area contributed by atoms with Crippen LogP contribution in [0.4, 0.5) is 11.4 Å². The van der Waals surface area contributed by atoms with Crippen molar-refractivity contribution in [3.05, 3.63) is 63.7 Å². The highest BCUT2D eigenvalue weighted by Gasteiger charge is 2.17. The zero-order valence-electron chi connectivity index (χ0n) is 13.2. The summed E-state index contributed by atoms with van der Waals surface area (Å²) in [5.74, 6) is 0.266.